The topological polar surface area (TPSA) is 107 Å². The van der Waals surface area contributed by atoms with Gasteiger partial charge in [0.1, 0.15) is 17.3 Å². The molecule has 1 aromatic heterocycles. The molecule has 1 aliphatic carbocycles. The van der Waals surface area contributed by atoms with Gasteiger partial charge in [0.2, 0.25) is 11.8 Å². The molecule has 39 heavy (non-hydrogen) atoms. The lowest BCUT2D eigenvalue weighted by molar-refractivity contribution is -0.167. The van der Waals surface area contributed by atoms with Crippen molar-refractivity contribution in [2.75, 3.05) is 68.0 Å². The number of ether oxygens (including phenoxy) is 1. The zero-order valence-electron chi connectivity index (χ0n) is 23.1. The first kappa shape index (κ1) is 28.4. The minimum atomic E-state index is -1.14. The molecule has 0 radical (unpaired) electrons. The third kappa shape index (κ3) is 6.04. The molecule has 3 aliphatic rings. The number of carbonyl (C=O) groups excluding carboxylic acids is 3. The molecule has 0 aromatic carbocycles. The van der Waals surface area contributed by atoms with E-state index in [1.54, 1.807) is 24.0 Å². The van der Waals surface area contributed by atoms with E-state index in [9.17, 15) is 14.4 Å². The molecular weight excluding hydrogens is 496 g/mol. The number of piperazine rings is 1. The van der Waals surface area contributed by atoms with Gasteiger partial charge in [-0.05, 0) is 44.7 Å². The first-order valence-electron chi connectivity index (χ1n) is 14.2. The number of rotatable bonds is 11. The van der Waals surface area contributed by atoms with Crippen LogP contribution < -0.4 is 15.5 Å². The molecule has 4 rings (SSSR count). The maximum absolute atomic E-state index is 13.8. The van der Waals surface area contributed by atoms with Gasteiger partial charge < -0.3 is 30.1 Å². The van der Waals surface area contributed by atoms with Gasteiger partial charge in [-0.2, -0.15) is 0 Å². The average molecular weight is 539 g/mol. The highest BCUT2D eigenvalue weighted by Crippen LogP contribution is 2.42. The van der Waals surface area contributed by atoms with Crippen LogP contribution in [0.1, 0.15) is 45.4 Å². The normalized spacial score (nSPS) is 20.4. The van der Waals surface area contributed by atoms with E-state index in [2.05, 4.69) is 28.7 Å². The number of hydrogen-bond acceptors (Lipinski definition) is 8. The lowest BCUT2D eigenvalue weighted by atomic mass is 9.84. The number of likely N-dealkylation sites (tertiary alicyclic amines) is 1. The van der Waals surface area contributed by atoms with Gasteiger partial charge in [-0.15, -0.1) is 13.2 Å². The van der Waals surface area contributed by atoms with Crippen LogP contribution in [0.3, 0.4) is 0 Å². The fourth-order valence-electron chi connectivity index (χ4n) is 5.93. The maximum Gasteiger partial charge on any atom is 0.321 e. The van der Waals surface area contributed by atoms with Crippen LogP contribution >= 0.6 is 0 Å². The van der Waals surface area contributed by atoms with Crippen LogP contribution in [0, 0.1) is 5.41 Å². The lowest BCUT2D eigenvalue weighted by Crippen LogP contribution is -2.57. The third-order valence-electron chi connectivity index (χ3n) is 7.96. The van der Waals surface area contributed by atoms with E-state index in [1.807, 2.05) is 17.0 Å². The van der Waals surface area contributed by atoms with Crippen LogP contribution in [-0.4, -0.2) is 91.0 Å². The molecule has 0 bridgehead atoms. The van der Waals surface area contributed by atoms with Crippen molar-refractivity contribution in [3.63, 3.8) is 0 Å². The van der Waals surface area contributed by atoms with Crippen molar-refractivity contribution in [1.29, 1.82) is 0 Å². The minimum Gasteiger partial charge on any atom is -0.465 e. The number of nitrogens with one attached hydrogen (secondary N) is 2. The Balaban J connectivity index is 1.44. The second kappa shape index (κ2) is 13.0. The summed E-state index contributed by atoms with van der Waals surface area (Å²) >= 11 is 0. The van der Waals surface area contributed by atoms with E-state index in [1.165, 1.54) is 0 Å². The summed E-state index contributed by atoms with van der Waals surface area (Å²) in [5.74, 6) is 0.900. The van der Waals surface area contributed by atoms with Gasteiger partial charge in [0.05, 0.1) is 12.3 Å². The molecule has 1 aromatic rings. The molecule has 1 atom stereocenters. The predicted octanol–water partition coefficient (Wildman–Crippen LogP) is 3.04. The monoisotopic (exact) mass is 538 g/mol. The number of carbonyl (C=O) groups is 3. The lowest BCUT2D eigenvalue weighted by Gasteiger charge is -2.39. The molecule has 2 amide bonds. The van der Waals surface area contributed by atoms with Gasteiger partial charge >= 0.3 is 5.97 Å². The second-order valence-corrected chi connectivity index (χ2v) is 10.4. The summed E-state index contributed by atoms with van der Waals surface area (Å²) in [6.45, 7) is 13.6. The summed E-state index contributed by atoms with van der Waals surface area (Å²) in [5, 5.41) is 6.60. The average Bonchev–Trinajstić information content (AvgIpc) is 3.66. The molecule has 2 saturated heterocycles. The van der Waals surface area contributed by atoms with Crippen LogP contribution in [0.2, 0.25) is 0 Å². The molecule has 2 aliphatic heterocycles. The number of nitrogens with zero attached hydrogens (tertiary/aromatic N) is 4. The number of esters is 1. The van der Waals surface area contributed by atoms with Gasteiger partial charge in [-0.1, -0.05) is 25.0 Å². The zero-order chi connectivity index (χ0) is 27.8. The molecule has 10 nitrogen and oxygen atoms in total. The van der Waals surface area contributed by atoms with E-state index in [-0.39, 0.29) is 18.4 Å². The van der Waals surface area contributed by atoms with E-state index < -0.39 is 17.4 Å². The van der Waals surface area contributed by atoms with Crippen LogP contribution in [0.4, 0.5) is 17.3 Å². The van der Waals surface area contributed by atoms with E-state index in [0.29, 0.717) is 65.1 Å². The first-order chi connectivity index (χ1) is 18.9. The largest absolute Gasteiger partial charge is 0.465 e. The highest BCUT2D eigenvalue weighted by Gasteiger charge is 2.53. The Morgan fingerprint density at radius 2 is 1.72 bits per heavy atom. The Morgan fingerprint density at radius 3 is 2.38 bits per heavy atom. The fraction of sp³-hybridized carbons (Fsp3) is 0.586. The number of hydrogen-bond donors (Lipinski definition) is 2. The van der Waals surface area contributed by atoms with Crippen molar-refractivity contribution in [2.24, 2.45) is 5.41 Å². The molecule has 1 unspecified atom stereocenters. The van der Waals surface area contributed by atoms with Crippen LogP contribution in [-0.2, 0) is 19.1 Å². The molecule has 0 spiro atoms. The molecule has 1 saturated carbocycles. The summed E-state index contributed by atoms with van der Waals surface area (Å²) < 4.78 is 5.33. The van der Waals surface area contributed by atoms with Crippen molar-refractivity contribution >= 4 is 35.1 Å². The van der Waals surface area contributed by atoms with E-state index >= 15 is 0 Å². The molecule has 10 heteroatoms. The Bertz CT molecular complexity index is 1060. The van der Waals surface area contributed by atoms with Crippen molar-refractivity contribution in [3.8, 4) is 0 Å². The maximum atomic E-state index is 13.8. The molecule has 3 fully saturated rings. The van der Waals surface area contributed by atoms with E-state index in [0.717, 1.165) is 36.6 Å². The summed E-state index contributed by atoms with van der Waals surface area (Å²) in [6.07, 6.45) is 7.60. The Hall–Kier alpha value is -3.56. The first-order valence-corrected chi connectivity index (χ1v) is 14.2. The van der Waals surface area contributed by atoms with Gasteiger partial charge in [-0.25, -0.2) is 4.98 Å². The molecular formula is C29H42N6O4. The quantitative estimate of drug-likeness (QED) is 0.252. The highest BCUT2D eigenvalue weighted by molar-refractivity contribution is 6.04. The number of pyridine rings is 1. The van der Waals surface area contributed by atoms with Gasteiger partial charge in [0.25, 0.3) is 0 Å². The van der Waals surface area contributed by atoms with Gasteiger partial charge in [0.15, 0.2) is 5.82 Å². The van der Waals surface area contributed by atoms with Crippen molar-refractivity contribution < 1.29 is 19.1 Å². The molecule has 2 N–H and O–H groups in total. The van der Waals surface area contributed by atoms with E-state index in [4.69, 9.17) is 9.72 Å². The van der Waals surface area contributed by atoms with Gasteiger partial charge in [0, 0.05) is 45.8 Å². The summed E-state index contributed by atoms with van der Waals surface area (Å²) in [6, 6.07) is 3.40. The summed E-state index contributed by atoms with van der Waals surface area (Å²) in [7, 11) is 0. The Kier molecular flexibility index (Phi) is 9.48. The SMILES string of the molecule is C=CCNc1ccc(NCC=C)c(N2CCN(C(=O)C3CCCN3C(=O)C3(C(=O)OCC)CCCC3)CC2)n1. The smallest absolute Gasteiger partial charge is 0.321 e. The van der Waals surface area contributed by atoms with Crippen LogP contribution in [0.5, 0.6) is 0 Å². The minimum absolute atomic E-state index is 0.0307. The van der Waals surface area contributed by atoms with Crippen molar-refractivity contribution in [1.82, 2.24) is 14.8 Å². The van der Waals surface area contributed by atoms with Gasteiger partial charge in [-0.3, -0.25) is 14.4 Å². The second-order valence-electron chi connectivity index (χ2n) is 10.4. The third-order valence-corrected chi connectivity index (χ3v) is 7.96. The van der Waals surface area contributed by atoms with Crippen molar-refractivity contribution in [3.05, 3.63) is 37.4 Å². The number of aromatic nitrogens is 1. The molecule has 212 valence electrons. The summed E-state index contributed by atoms with van der Waals surface area (Å²) in [4.78, 5) is 50.9. The molecule has 3 heterocycles. The summed E-state index contributed by atoms with van der Waals surface area (Å²) in [5.41, 5.74) is -0.227. The zero-order valence-corrected chi connectivity index (χ0v) is 23.1. The highest BCUT2D eigenvalue weighted by atomic mass is 16.5. The van der Waals surface area contributed by atoms with Crippen LogP contribution in [0.25, 0.3) is 0 Å². The number of amides is 2. The fourth-order valence-corrected chi connectivity index (χ4v) is 5.93. The van der Waals surface area contributed by atoms with Crippen molar-refractivity contribution in [2.45, 2.75) is 51.5 Å². The number of anilines is 3. The van der Waals surface area contributed by atoms with Crippen LogP contribution in [0.15, 0.2) is 37.4 Å². The Morgan fingerprint density at radius 1 is 1.03 bits per heavy atom. The predicted molar refractivity (Wildman–Crippen MR) is 153 cm³/mol. The standard InChI is InChI=1S/C29H42N6O4/c1-4-15-30-22-11-12-24(31-16-5-2)32-25(22)33-18-20-34(21-19-33)26(36)23-10-9-17-35(23)27(37)29(13-7-8-14-29)28(38)39-6-3/h4-5,11-12,23,30H,1-2,6-10,13-21H2,3H3,(H,31,32). The Labute approximate surface area is 231 Å².